The average Bonchev–Trinajstić information content (AvgIpc) is 2.61. The van der Waals surface area contributed by atoms with Crippen LogP contribution in [0.2, 0.25) is 0 Å². The van der Waals surface area contributed by atoms with Crippen molar-refractivity contribution in [2.45, 2.75) is 13.8 Å². The Bertz CT molecular complexity index is 561. The van der Waals surface area contributed by atoms with Gasteiger partial charge in [0.15, 0.2) is 5.82 Å². The van der Waals surface area contributed by atoms with Gasteiger partial charge < -0.3 is 11.1 Å². The van der Waals surface area contributed by atoms with Gasteiger partial charge >= 0.3 is 0 Å². The number of anilines is 2. The predicted molar refractivity (Wildman–Crippen MR) is 64.7 cm³/mol. The Morgan fingerprint density at radius 3 is 2.76 bits per heavy atom. The summed E-state index contributed by atoms with van der Waals surface area (Å²) in [6.45, 7) is 3.60. The molecule has 4 N–H and O–H groups in total. The Morgan fingerprint density at radius 1 is 1.41 bits per heavy atom. The van der Waals surface area contributed by atoms with Crippen molar-refractivity contribution in [3.8, 4) is 0 Å². The number of aromatic nitrogens is 3. The SMILES string of the molecule is Cc1cccc(C(=O)Nc2n[nH]c(C)c2N)n1. The molecule has 2 aromatic rings. The molecule has 0 aliphatic rings. The molecule has 0 bridgehead atoms. The van der Waals surface area contributed by atoms with E-state index in [1.165, 1.54) is 0 Å². The van der Waals surface area contributed by atoms with Gasteiger partial charge in [-0.2, -0.15) is 5.10 Å². The van der Waals surface area contributed by atoms with E-state index in [2.05, 4.69) is 20.5 Å². The van der Waals surface area contributed by atoms with Crippen molar-refractivity contribution in [2.24, 2.45) is 0 Å². The summed E-state index contributed by atoms with van der Waals surface area (Å²) in [6, 6.07) is 5.23. The van der Waals surface area contributed by atoms with Crippen molar-refractivity contribution in [1.82, 2.24) is 15.2 Å². The van der Waals surface area contributed by atoms with Gasteiger partial charge in [0.25, 0.3) is 5.91 Å². The number of rotatable bonds is 2. The van der Waals surface area contributed by atoms with E-state index < -0.39 is 0 Å². The number of nitrogens with one attached hydrogen (secondary N) is 2. The first-order chi connectivity index (χ1) is 8.08. The van der Waals surface area contributed by atoms with E-state index >= 15 is 0 Å². The Balaban J connectivity index is 2.20. The highest BCUT2D eigenvalue weighted by Gasteiger charge is 2.12. The van der Waals surface area contributed by atoms with E-state index in [1.54, 1.807) is 19.1 Å². The molecule has 0 saturated carbocycles. The van der Waals surface area contributed by atoms with Crippen molar-refractivity contribution in [2.75, 3.05) is 11.1 Å². The molecule has 17 heavy (non-hydrogen) atoms. The maximum atomic E-state index is 11.8. The van der Waals surface area contributed by atoms with E-state index in [4.69, 9.17) is 5.73 Å². The number of hydrogen-bond acceptors (Lipinski definition) is 4. The Morgan fingerprint density at radius 2 is 2.18 bits per heavy atom. The van der Waals surface area contributed by atoms with Crippen LogP contribution in [0.5, 0.6) is 0 Å². The summed E-state index contributed by atoms with van der Waals surface area (Å²) in [5, 5.41) is 9.19. The summed E-state index contributed by atoms with van der Waals surface area (Å²) in [4.78, 5) is 16.0. The van der Waals surface area contributed by atoms with Crippen LogP contribution in [-0.4, -0.2) is 21.1 Å². The second-order valence-corrected chi connectivity index (χ2v) is 3.73. The maximum absolute atomic E-state index is 11.8. The fourth-order valence-electron chi connectivity index (χ4n) is 1.37. The second kappa shape index (κ2) is 4.25. The quantitative estimate of drug-likeness (QED) is 0.724. The van der Waals surface area contributed by atoms with Gasteiger partial charge in [0.05, 0.1) is 11.4 Å². The topological polar surface area (TPSA) is 96.7 Å². The fraction of sp³-hybridized carbons (Fsp3) is 0.182. The molecule has 2 rings (SSSR count). The highest BCUT2D eigenvalue weighted by atomic mass is 16.2. The molecule has 0 aromatic carbocycles. The lowest BCUT2D eigenvalue weighted by Crippen LogP contribution is -2.15. The van der Waals surface area contributed by atoms with Crippen LogP contribution < -0.4 is 11.1 Å². The number of pyridine rings is 1. The number of aryl methyl sites for hydroxylation is 2. The predicted octanol–water partition coefficient (Wildman–Crippen LogP) is 1.26. The second-order valence-electron chi connectivity index (χ2n) is 3.73. The molecular formula is C11H13N5O. The lowest BCUT2D eigenvalue weighted by atomic mass is 10.3. The molecule has 0 unspecified atom stereocenters. The third kappa shape index (κ3) is 2.25. The van der Waals surface area contributed by atoms with Crippen LogP contribution in [0.4, 0.5) is 11.5 Å². The van der Waals surface area contributed by atoms with Gasteiger partial charge in [0.1, 0.15) is 5.69 Å². The molecule has 6 heteroatoms. The summed E-state index contributed by atoms with van der Waals surface area (Å²) < 4.78 is 0. The lowest BCUT2D eigenvalue weighted by Gasteiger charge is -2.03. The number of H-pyrrole nitrogens is 1. The molecule has 1 amide bonds. The Kier molecular flexibility index (Phi) is 2.78. The molecule has 0 aliphatic heterocycles. The number of hydrogen-bond donors (Lipinski definition) is 3. The Hall–Kier alpha value is -2.37. The van der Waals surface area contributed by atoms with Crippen LogP contribution in [0.15, 0.2) is 18.2 Å². The van der Waals surface area contributed by atoms with Gasteiger partial charge in [-0.15, -0.1) is 0 Å². The summed E-state index contributed by atoms with van der Waals surface area (Å²) in [6.07, 6.45) is 0. The van der Waals surface area contributed by atoms with Gasteiger partial charge in [-0.3, -0.25) is 9.89 Å². The van der Waals surface area contributed by atoms with Crippen molar-refractivity contribution in [3.63, 3.8) is 0 Å². The number of nitrogen functional groups attached to an aromatic ring is 1. The van der Waals surface area contributed by atoms with Crippen LogP contribution in [-0.2, 0) is 0 Å². The van der Waals surface area contributed by atoms with Gasteiger partial charge in [-0.05, 0) is 26.0 Å². The van der Waals surface area contributed by atoms with Crippen molar-refractivity contribution < 1.29 is 4.79 Å². The molecule has 2 aromatic heterocycles. The van der Waals surface area contributed by atoms with Crippen LogP contribution in [0.3, 0.4) is 0 Å². The van der Waals surface area contributed by atoms with Crippen LogP contribution in [0, 0.1) is 13.8 Å². The molecule has 0 spiro atoms. The molecule has 6 nitrogen and oxygen atoms in total. The van der Waals surface area contributed by atoms with Gasteiger partial charge in [-0.25, -0.2) is 4.98 Å². The lowest BCUT2D eigenvalue weighted by molar-refractivity contribution is 0.102. The molecule has 0 fully saturated rings. The highest BCUT2D eigenvalue weighted by Crippen LogP contribution is 2.18. The minimum atomic E-state index is -0.327. The maximum Gasteiger partial charge on any atom is 0.275 e. The zero-order valence-corrected chi connectivity index (χ0v) is 9.61. The van der Waals surface area contributed by atoms with Crippen molar-refractivity contribution in [1.29, 1.82) is 0 Å². The molecule has 2 heterocycles. The fourth-order valence-corrected chi connectivity index (χ4v) is 1.37. The average molecular weight is 231 g/mol. The highest BCUT2D eigenvalue weighted by molar-refractivity contribution is 6.03. The van der Waals surface area contributed by atoms with Crippen molar-refractivity contribution >= 4 is 17.4 Å². The van der Waals surface area contributed by atoms with Crippen LogP contribution in [0.1, 0.15) is 21.9 Å². The molecule has 0 saturated heterocycles. The Labute approximate surface area is 98.3 Å². The third-order valence-corrected chi connectivity index (χ3v) is 2.35. The molecule has 0 radical (unpaired) electrons. The van der Waals surface area contributed by atoms with Gasteiger partial charge in [0, 0.05) is 5.69 Å². The number of aromatic amines is 1. The van der Waals surface area contributed by atoms with Crippen LogP contribution in [0.25, 0.3) is 0 Å². The first-order valence-electron chi connectivity index (χ1n) is 5.13. The number of amides is 1. The van der Waals surface area contributed by atoms with E-state index in [0.29, 0.717) is 17.2 Å². The van der Waals surface area contributed by atoms with Crippen LogP contribution >= 0.6 is 0 Å². The smallest absolute Gasteiger partial charge is 0.275 e. The minimum absolute atomic E-state index is 0.327. The summed E-state index contributed by atoms with van der Waals surface area (Å²) in [5.74, 6) is 0.00251. The summed E-state index contributed by atoms with van der Waals surface area (Å²) in [7, 11) is 0. The van der Waals surface area contributed by atoms with Gasteiger partial charge in [0.2, 0.25) is 0 Å². The normalized spacial score (nSPS) is 10.2. The molecular weight excluding hydrogens is 218 g/mol. The van der Waals surface area contributed by atoms with E-state index in [9.17, 15) is 4.79 Å². The van der Waals surface area contributed by atoms with E-state index in [0.717, 1.165) is 11.4 Å². The number of nitrogens with zero attached hydrogens (tertiary/aromatic N) is 2. The standard InChI is InChI=1S/C11H13N5O/c1-6-4-3-5-8(13-6)11(17)14-10-9(12)7(2)15-16-10/h3-5H,12H2,1-2H3,(H2,14,15,16,17). The molecule has 0 atom stereocenters. The zero-order valence-electron chi connectivity index (χ0n) is 9.61. The summed E-state index contributed by atoms with van der Waals surface area (Å²) >= 11 is 0. The van der Waals surface area contributed by atoms with E-state index in [1.807, 2.05) is 13.0 Å². The number of nitrogens with two attached hydrogens (primary N) is 1. The number of carbonyl (C=O) groups is 1. The first-order valence-corrected chi connectivity index (χ1v) is 5.13. The monoisotopic (exact) mass is 231 g/mol. The third-order valence-electron chi connectivity index (χ3n) is 2.35. The minimum Gasteiger partial charge on any atom is -0.394 e. The zero-order chi connectivity index (χ0) is 12.4. The summed E-state index contributed by atoms with van der Waals surface area (Å²) in [5.41, 5.74) is 8.01. The largest absolute Gasteiger partial charge is 0.394 e. The van der Waals surface area contributed by atoms with Crippen molar-refractivity contribution in [3.05, 3.63) is 35.3 Å². The van der Waals surface area contributed by atoms with E-state index in [-0.39, 0.29) is 5.91 Å². The molecule has 88 valence electrons. The van der Waals surface area contributed by atoms with Gasteiger partial charge in [-0.1, -0.05) is 6.07 Å². The number of carbonyl (C=O) groups excluding carboxylic acids is 1. The molecule has 0 aliphatic carbocycles. The first kappa shape index (κ1) is 11.1.